The zero-order valence-corrected chi connectivity index (χ0v) is 14.5. The minimum Gasteiger partial charge on any atom is -0.486 e. The van der Waals surface area contributed by atoms with Crippen LogP contribution >= 0.6 is 0 Å². The zero-order chi connectivity index (χ0) is 16.4. The molecule has 128 valence electrons. The van der Waals surface area contributed by atoms with Crippen LogP contribution in [0.4, 0.5) is 0 Å². The van der Waals surface area contributed by atoms with Crippen LogP contribution in [0.25, 0.3) is 0 Å². The van der Waals surface area contributed by atoms with E-state index in [1.54, 1.807) is 0 Å². The molecular weight excluding hydrogens is 290 g/mol. The third-order valence-electron chi connectivity index (χ3n) is 5.06. The SMILES string of the molecule is CC(C)C[C@@H]1CN(Cc2ccc3c(c2)OCCO3)CC[C@]1(C)O. The van der Waals surface area contributed by atoms with E-state index >= 15 is 0 Å². The Bertz CT molecular complexity index is 541. The van der Waals surface area contributed by atoms with Crippen LogP contribution < -0.4 is 9.47 Å². The predicted molar refractivity (Wildman–Crippen MR) is 90.9 cm³/mol. The molecule has 0 bridgehead atoms. The van der Waals surface area contributed by atoms with E-state index < -0.39 is 5.60 Å². The molecule has 0 aliphatic carbocycles. The van der Waals surface area contributed by atoms with Crippen molar-refractivity contribution in [2.75, 3.05) is 26.3 Å². The van der Waals surface area contributed by atoms with E-state index in [0.29, 0.717) is 25.0 Å². The van der Waals surface area contributed by atoms with E-state index in [9.17, 15) is 5.11 Å². The minimum absolute atomic E-state index is 0.341. The maximum atomic E-state index is 10.7. The molecule has 4 nitrogen and oxygen atoms in total. The molecule has 2 aliphatic heterocycles. The maximum Gasteiger partial charge on any atom is 0.161 e. The van der Waals surface area contributed by atoms with Gasteiger partial charge in [-0.05, 0) is 43.4 Å². The second-order valence-corrected chi connectivity index (χ2v) is 7.65. The Morgan fingerprint density at radius 3 is 2.74 bits per heavy atom. The topological polar surface area (TPSA) is 41.9 Å². The summed E-state index contributed by atoms with van der Waals surface area (Å²) in [7, 11) is 0. The maximum absolute atomic E-state index is 10.7. The van der Waals surface area contributed by atoms with Crippen LogP contribution in [-0.2, 0) is 6.54 Å². The predicted octanol–water partition coefficient (Wildman–Crippen LogP) is 3.08. The Kier molecular flexibility index (Phi) is 4.83. The summed E-state index contributed by atoms with van der Waals surface area (Å²) in [5, 5.41) is 10.7. The molecule has 4 heteroatoms. The summed E-state index contributed by atoms with van der Waals surface area (Å²) >= 11 is 0. The van der Waals surface area contributed by atoms with Gasteiger partial charge in [0.15, 0.2) is 11.5 Å². The summed E-state index contributed by atoms with van der Waals surface area (Å²) in [5.41, 5.74) is 0.715. The molecule has 1 N–H and O–H groups in total. The smallest absolute Gasteiger partial charge is 0.161 e. The number of benzene rings is 1. The van der Waals surface area contributed by atoms with Crippen LogP contribution in [0, 0.1) is 11.8 Å². The van der Waals surface area contributed by atoms with Crippen molar-refractivity contribution in [3.05, 3.63) is 23.8 Å². The van der Waals surface area contributed by atoms with Crippen molar-refractivity contribution in [1.82, 2.24) is 4.90 Å². The van der Waals surface area contributed by atoms with Gasteiger partial charge in [0.25, 0.3) is 0 Å². The van der Waals surface area contributed by atoms with Gasteiger partial charge in [-0.2, -0.15) is 0 Å². The molecule has 0 aromatic heterocycles. The average molecular weight is 319 g/mol. The Labute approximate surface area is 139 Å². The molecular formula is C19H29NO3. The molecule has 1 aromatic carbocycles. The fraction of sp³-hybridized carbons (Fsp3) is 0.684. The monoisotopic (exact) mass is 319 g/mol. The van der Waals surface area contributed by atoms with Crippen molar-refractivity contribution >= 4 is 0 Å². The van der Waals surface area contributed by atoms with Gasteiger partial charge in [0, 0.05) is 25.6 Å². The van der Waals surface area contributed by atoms with E-state index in [4.69, 9.17) is 9.47 Å². The van der Waals surface area contributed by atoms with Gasteiger partial charge in [0.05, 0.1) is 5.60 Å². The summed E-state index contributed by atoms with van der Waals surface area (Å²) in [6.07, 6.45) is 1.92. The molecule has 0 unspecified atom stereocenters. The van der Waals surface area contributed by atoms with Crippen LogP contribution in [0.2, 0.25) is 0 Å². The van der Waals surface area contributed by atoms with E-state index in [-0.39, 0.29) is 0 Å². The molecule has 2 aliphatic rings. The van der Waals surface area contributed by atoms with Crippen molar-refractivity contribution in [3.8, 4) is 11.5 Å². The van der Waals surface area contributed by atoms with Crippen LogP contribution in [-0.4, -0.2) is 41.9 Å². The number of aliphatic hydroxyl groups is 1. The quantitative estimate of drug-likeness (QED) is 0.926. The largest absolute Gasteiger partial charge is 0.486 e. The van der Waals surface area contributed by atoms with Crippen molar-refractivity contribution in [2.24, 2.45) is 11.8 Å². The summed E-state index contributed by atoms with van der Waals surface area (Å²) in [6, 6.07) is 6.23. The first-order valence-corrected chi connectivity index (χ1v) is 8.77. The Balaban J connectivity index is 1.66. The van der Waals surface area contributed by atoms with Crippen LogP contribution in [0.15, 0.2) is 18.2 Å². The molecule has 0 amide bonds. The number of rotatable bonds is 4. The van der Waals surface area contributed by atoms with E-state index in [0.717, 1.165) is 44.0 Å². The van der Waals surface area contributed by atoms with Crippen molar-refractivity contribution < 1.29 is 14.6 Å². The lowest BCUT2D eigenvalue weighted by Crippen LogP contribution is -2.50. The van der Waals surface area contributed by atoms with E-state index in [1.165, 1.54) is 5.56 Å². The van der Waals surface area contributed by atoms with Gasteiger partial charge in [0.1, 0.15) is 13.2 Å². The molecule has 3 rings (SSSR count). The highest BCUT2D eigenvalue weighted by Gasteiger charge is 2.37. The molecule has 1 aromatic rings. The number of likely N-dealkylation sites (tertiary alicyclic amines) is 1. The third-order valence-corrected chi connectivity index (χ3v) is 5.06. The van der Waals surface area contributed by atoms with E-state index in [1.807, 2.05) is 13.0 Å². The lowest BCUT2D eigenvalue weighted by Gasteiger charge is -2.43. The first-order valence-electron chi connectivity index (χ1n) is 8.77. The Morgan fingerprint density at radius 2 is 2.00 bits per heavy atom. The molecule has 0 spiro atoms. The average Bonchev–Trinajstić information content (AvgIpc) is 2.50. The summed E-state index contributed by atoms with van der Waals surface area (Å²) in [4.78, 5) is 2.45. The molecule has 0 radical (unpaired) electrons. The number of nitrogens with zero attached hydrogens (tertiary/aromatic N) is 1. The third kappa shape index (κ3) is 3.99. The van der Waals surface area contributed by atoms with Gasteiger partial charge in [-0.1, -0.05) is 19.9 Å². The molecule has 23 heavy (non-hydrogen) atoms. The molecule has 2 heterocycles. The van der Waals surface area contributed by atoms with Crippen LogP contribution in [0.1, 0.15) is 39.2 Å². The van der Waals surface area contributed by atoms with Gasteiger partial charge in [-0.15, -0.1) is 0 Å². The highest BCUT2D eigenvalue weighted by atomic mass is 16.6. The fourth-order valence-corrected chi connectivity index (χ4v) is 3.67. The lowest BCUT2D eigenvalue weighted by atomic mass is 9.78. The minimum atomic E-state index is -0.534. The second kappa shape index (κ2) is 6.70. The summed E-state index contributed by atoms with van der Waals surface area (Å²) < 4.78 is 11.3. The number of piperidine rings is 1. The standard InChI is InChI=1S/C19H29NO3/c1-14(2)10-16-13-20(7-6-19(16,3)21)12-15-4-5-17-18(11-15)23-9-8-22-17/h4-5,11,14,16,21H,6-10,12-13H2,1-3H3/t16-,19+/m1/s1. The Morgan fingerprint density at radius 1 is 1.26 bits per heavy atom. The first-order chi connectivity index (χ1) is 10.9. The summed E-state index contributed by atoms with van der Waals surface area (Å²) in [6.45, 7) is 10.5. The molecule has 1 fully saturated rings. The number of ether oxygens (including phenoxy) is 2. The second-order valence-electron chi connectivity index (χ2n) is 7.65. The molecule has 0 saturated carbocycles. The Hall–Kier alpha value is -1.26. The van der Waals surface area contributed by atoms with Gasteiger partial charge < -0.3 is 14.6 Å². The van der Waals surface area contributed by atoms with E-state index in [2.05, 4.69) is 30.9 Å². The van der Waals surface area contributed by atoms with Crippen molar-refractivity contribution in [1.29, 1.82) is 0 Å². The molecule has 1 saturated heterocycles. The number of hydrogen-bond donors (Lipinski definition) is 1. The van der Waals surface area contributed by atoms with Gasteiger partial charge in [-0.3, -0.25) is 4.90 Å². The lowest BCUT2D eigenvalue weighted by molar-refractivity contribution is -0.0664. The van der Waals surface area contributed by atoms with Crippen molar-refractivity contribution in [3.63, 3.8) is 0 Å². The fourth-order valence-electron chi connectivity index (χ4n) is 3.67. The van der Waals surface area contributed by atoms with Crippen LogP contribution in [0.3, 0.4) is 0 Å². The number of fused-ring (bicyclic) bond motifs is 1. The van der Waals surface area contributed by atoms with Gasteiger partial charge >= 0.3 is 0 Å². The van der Waals surface area contributed by atoms with Gasteiger partial charge in [0.2, 0.25) is 0 Å². The molecule has 2 atom stereocenters. The van der Waals surface area contributed by atoms with Crippen molar-refractivity contribution in [2.45, 2.75) is 45.8 Å². The highest BCUT2D eigenvalue weighted by molar-refractivity contribution is 5.43. The highest BCUT2D eigenvalue weighted by Crippen LogP contribution is 2.34. The van der Waals surface area contributed by atoms with Gasteiger partial charge in [-0.25, -0.2) is 0 Å². The first kappa shape index (κ1) is 16.6. The summed E-state index contributed by atoms with van der Waals surface area (Å²) in [5.74, 6) is 2.66. The van der Waals surface area contributed by atoms with Crippen LogP contribution in [0.5, 0.6) is 11.5 Å². The number of hydrogen-bond acceptors (Lipinski definition) is 4. The normalized spacial score (nSPS) is 28.1. The zero-order valence-electron chi connectivity index (χ0n) is 14.5.